The Balaban J connectivity index is 2.08. The van der Waals surface area contributed by atoms with E-state index in [0.717, 1.165) is 25.2 Å². The lowest BCUT2D eigenvalue weighted by Gasteiger charge is -2.45. The van der Waals surface area contributed by atoms with Crippen molar-refractivity contribution in [2.75, 3.05) is 0 Å². The Hall–Kier alpha value is -0.570. The van der Waals surface area contributed by atoms with Crippen LogP contribution in [0.3, 0.4) is 0 Å². The molecule has 2 rings (SSSR count). The number of hydrogen-bond acceptors (Lipinski definition) is 2. The van der Waals surface area contributed by atoms with E-state index in [2.05, 4.69) is 19.2 Å². The first-order valence-corrected chi connectivity index (χ1v) is 8.12. The third-order valence-electron chi connectivity index (χ3n) is 5.39. The van der Waals surface area contributed by atoms with Crippen molar-refractivity contribution < 1.29 is 4.79 Å². The predicted octanol–water partition coefficient (Wildman–Crippen LogP) is 2.98. The van der Waals surface area contributed by atoms with Gasteiger partial charge < -0.3 is 11.1 Å². The highest BCUT2D eigenvalue weighted by atomic mass is 16.1. The zero-order valence-corrected chi connectivity index (χ0v) is 12.6. The molecule has 3 atom stereocenters. The second-order valence-electron chi connectivity index (χ2n) is 6.95. The van der Waals surface area contributed by atoms with Crippen molar-refractivity contribution in [2.45, 2.75) is 83.2 Å². The van der Waals surface area contributed by atoms with Crippen molar-refractivity contribution in [3.05, 3.63) is 0 Å². The SMILES string of the molecule is CC1CCC(NC2CCCCCC2)(C(N)=O)C(C)C1. The number of carbonyl (C=O) groups excluding carboxylic acids is 1. The van der Waals surface area contributed by atoms with Gasteiger partial charge in [0.25, 0.3) is 0 Å². The average Bonchev–Trinajstić information content (AvgIpc) is 2.61. The Labute approximate surface area is 117 Å². The number of nitrogens with two attached hydrogens (primary N) is 1. The molecule has 2 aliphatic rings. The van der Waals surface area contributed by atoms with Gasteiger partial charge in [0.05, 0.1) is 0 Å². The van der Waals surface area contributed by atoms with Crippen molar-refractivity contribution in [1.82, 2.24) is 5.32 Å². The van der Waals surface area contributed by atoms with E-state index in [9.17, 15) is 4.79 Å². The first-order chi connectivity index (χ1) is 9.04. The van der Waals surface area contributed by atoms with Gasteiger partial charge >= 0.3 is 0 Å². The summed E-state index contributed by atoms with van der Waals surface area (Å²) in [5, 5.41) is 3.71. The van der Waals surface area contributed by atoms with Crippen LogP contribution in [0.2, 0.25) is 0 Å². The monoisotopic (exact) mass is 266 g/mol. The summed E-state index contributed by atoms with van der Waals surface area (Å²) in [5.41, 5.74) is 5.35. The average molecular weight is 266 g/mol. The van der Waals surface area contributed by atoms with Gasteiger partial charge in [-0.2, -0.15) is 0 Å². The normalized spacial score (nSPS) is 37.8. The highest BCUT2D eigenvalue weighted by Gasteiger charge is 2.45. The molecule has 0 radical (unpaired) electrons. The van der Waals surface area contributed by atoms with Gasteiger partial charge in [0.15, 0.2) is 0 Å². The molecule has 2 fully saturated rings. The number of rotatable bonds is 3. The Morgan fingerprint density at radius 1 is 1.11 bits per heavy atom. The molecular formula is C16H30N2O. The standard InChI is InChI=1S/C16H30N2O/c1-12-9-10-16(15(17)19,13(2)11-12)18-14-7-5-3-4-6-8-14/h12-14,18H,3-11H2,1-2H3,(H2,17,19). The minimum atomic E-state index is -0.443. The number of primary amides is 1. The van der Waals surface area contributed by atoms with E-state index in [1.54, 1.807) is 0 Å². The van der Waals surface area contributed by atoms with Crippen LogP contribution in [0.5, 0.6) is 0 Å². The molecule has 3 unspecified atom stereocenters. The fourth-order valence-electron chi connectivity index (χ4n) is 4.08. The maximum atomic E-state index is 12.1. The molecule has 0 saturated heterocycles. The fourth-order valence-corrected chi connectivity index (χ4v) is 4.08. The molecule has 3 heteroatoms. The minimum Gasteiger partial charge on any atom is -0.368 e. The summed E-state index contributed by atoms with van der Waals surface area (Å²) in [4.78, 5) is 12.1. The third kappa shape index (κ3) is 3.31. The first-order valence-electron chi connectivity index (χ1n) is 8.12. The minimum absolute atomic E-state index is 0.129. The third-order valence-corrected chi connectivity index (χ3v) is 5.39. The Bertz CT molecular complexity index is 310. The topological polar surface area (TPSA) is 55.1 Å². The van der Waals surface area contributed by atoms with Crippen LogP contribution in [-0.4, -0.2) is 17.5 Å². The highest BCUT2D eigenvalue weighted by Crippen LogP contribution is 2.37. The van der Waals surface area contributed by atoms with Crippen molar-refractivity contribution >= 4 is 5.91 Å². The number of hydrogen-bond donors (Lipinski definition) is 2. The lowest BCUT2D eigenvalue weighted by molar-refractivity contribution is -0.129. The zero-order valence-electron chi connectivity index (χ0n) is 12.6. The molecule has 0 bridgehead atoms. The van der Waals surface area contributed by atoms with Crippen LogP contribution in [-0.2, 0) is 4.79 Å². The number of nitrogens with one attached hydrogen (secondary N) is 1. The van der Waals surface area contributed by atoms with Gasteiger partial charge in [-0.25, -0.2) is 0 Å². The van der Waals surface area contributed by atoms with E-state index in [1.165, 1.54) is 38.5 Å². The summed E-state index contributed by atoms with van der Waals surface area (Å²) >= 11 is 0. The van der Waals surface area contributed by atoms with Crippen molar-refractivity contribution in [3.8, 4) is 0 Å². The van der Waals surface area contributed by atoms with Crippen LogP contribution in [0.25, 0.3) is 0 Å². The van der Waals surface area contributed by atoms with Crippen molar-refractivity contribution in [3.63, 3.8) is 0 Å². The van der Waals surface area contributed by atoms with Crippen LogP contribution in [0.15, 0.2) is 0 Å². The Kier molecular flexibility index (Phi) is 4.88. The molecule has 0 heterocycles. The summed E-state index contributed by atoms with van der Waals surface area (Å²) in [5.74, 6) is 0.951. The molecule has 1 amide bonds. The summed E-state index contributed by atoms with van der Waals surface area (Å²) in [6, 6.07) is 0.492. The van der Waals surface area contributed by atoms with Gasteiger partial charge in [-0.3, -0.25) is 4.79 Å². The molecule has 2 saturated carbocycles. The van der Waals surface area contributed by atoms with E-state index in [1.807, 2.05) is 0 Å². The maximum absolute atomic E-state index is 12.1. The molecule has 110 valence electrons. The van der Waals surface area contributed by atoms with E-state index >= 15 is 0 Å². The highest BCUT2D eigenvalue weighted by molar-refractivity contribution is 5.85. The fraction of sp³-hybridized carbons (Fsp3) is 0.938. The van der Waals surface area contributed by atoms with Crippen LogP contribution < -0.4 is 11.1 Å². The van der Waals surface area contributed by atoms with Crippen molar-refractivity contribution in [2.24, 2.45) is 17.6 Å². The van der Waals surface area contributed by atoms with Gasteiger partial charge in [0.2, 0.25) is 5.91 Å². The molecular weight excluding hydrogens is 236 g/mol. The van der Waals surface area contributed by atoms with Crippen LogP contribution >= 0.6 is 0 Å². The van der Waals surface area contributed by atoms with E-state index in [4.69, 9.17) is 5.73 Å². The van der Waals surface area contributed by atoms with Gasteiger partial charge in [0, 0.05) is 6.04 Å². The molecule has 19 heavy (non-hydrogen) atoms. The number of amides is 1. The number of carbonyl (C=O) groups is 1. The second-order valence-corrected chi connectivity index (χ2v) is 6.95. The van der Waals surface area contributed by atoms with Gasteiger partial charge in [-0.1, -0.05) is 39.5 Å². The molecule has 0 aliphatic heterocycles. The molecule has 0 spiro atoms. The Morgan fingerprint density at radius 2 is 1.74 bits per heavy atom. The second kappa shape index (κ2) is 6.25. The summed E-state index contributed by atoms with van der Waals surface area (Å²) in [6.07, 6.45) is 10.8. The van der Waals surface area contributed by atoms with E-state index in [-0.39, 0.29) is 5.91 Å². The van der Waals surface area contributed by atoms with Crippen LogP contribution in [0.4, 0.5) is 0 Å². The smallest absolute Gasteiger partial charge is 0.238 e. The molecule has 2 aliphatic carbocycles. The van der Waals surface area contributed by atoms with Crippen LogP contribution in [0.1, 0.15) is 71.6 Å². The molecule has 0 aromatic carbocycles. The Morgan fingerprint density at radius 3 is 2.26 bits per heavy atom. The molecule has 0 aromatic rings. The lowest BCUT2D eigenvalue weighted by atomic mass is 9.69. The van der Waals surface area contributed by atoms with Gasteiger partial charge in [0.1, 0.15) is 5.54 Å². The van der Waals surface area contributed by atoms with E-state index < -0.39 is 5.54 Å². The van der Waals surface area contributed by atoms with E-state index in [0.29, 0.717) is 12.0 Å². The lowest BCUT2D eigenvalue weighted by Crippen LogP contribution is -2.64. The summed E-state index contributed by atoms with van der Waals surface area (Å²) in [6.45, 7) is 4.48. The predicted molar refractivity (Wildman–Crippen MR) is 78.7 cm³/mol. The van der Waals surface area contributed by atoms with Gasteiger partial charge in [-0.15, -0.1) is 0 Å². The molecule has 3 nitrogen and oxygen atoms in total. The maximum Gasteiger partial charge on any atom is 0.238 e. The quantitative estimate of drug-likeness (QED) is 0.772. The zero-order chi connectivity index (χ0) is 13.9. The van der Waals surface area contributed by atoms with Gasteiger partial charge in [-0.05, 0) is 43.9 Å². The van der Waals surface area contributed by atoms with Crippen molar-refractivity contribution in [1.29, 1.82) is 0 Å². The summed E-state index contributed by atoms with van der Waals surface area (Å²) < 4.78 is 0. The first kappa shape index (κ1) is 14.8. The molecule has 3 N–H and O–H groups in total. The largest absolute Gasteiger partial charge is 0.368 e. The summed E-state index contributed by atoms with van der Waals surface area (Å²) in [7, 11) is 0. The van der Waals surface area contributed by atoms with Crippen LogP contribution in [0, 0.1) is 11.8 Å². The molecule has 0 aromatic heterocycles.